The number of halogens is 1. The topological polar surface area (TPSA) is 63.5 Å². The number of guanidine groups is 1. The van der Waals surface area contributed by atoms with Gasteiger partial charge in [-0.1, -0.05) is 13.8 Å². The second-order valence-electron chi connectivity index (χ2n) is 7.69. The van der Waals surface area contributed by atoms with Gasteiger partial charge in [0.05, 0.1) is 11.8 Å². The lowest BCUT2D eigenvalue weighted by atomic mass is 9.57. The van der Waals surface area contributed by atoms with Crippen molar-refractivity contribution in [1.29, 1.82) is 0 Å². The van der Waals surface area contributed by atoms with Gasteiger partial charge in [0.25, 0.3) is 0 Å². The summed E-state index contributed by atoms with van der Waals surface area (Å²) in [6, 6.07) is 2.55. The van der Waals surface area contributed by atoms with Crippen LogP contribution in [0.1, 0.15) is 38.1 Å². The Morgan fingerprint density at radius 1 is 1.44 bits per heavy atom. The average molecular weight is 461 g/mol. The first kappa shape index (κ1) is 20.5. The zero-order valence-corrected chi connectivity index (χ0v) is 18.3. The summed E-state index contributed by atoms with van der Waals surface area (Å²) in [4.78, 5) is 4.39. The van der Waals surface area contributed by atoms with Gasteiger partial charge in [0.1, 0.15) is 0 Å². The summed E-state index contributed by atoms with van der Waals surface area (Å²) in [5.41, 5.74) is 2.47. The third-order valence-corrected chi connectivity index (χ3v) is 5.56. The van der Waals surface area contributed by atoms with E-state index in [1.165, 1.54) is 5.69 Å². The highest BCUT2D eigenvalue weighted by Crippen LogP contribution is 2.52. The molecule has 1 saturated heterocycles. The molecule has 2 aliphatic rings. The van der Waals surface area contributed by atoms with Crippen molar-refractivity contribution in [2.24, 2.45) is 16.3 Å². The molecule has 1 aromatic rings. The fraction of sp³-hybridized carbons (Fsp3) is 0.778. The molecule has 0 amide bonds. The Labute approximate surface area is 168 Å². The van der Waals surface area contributed by atoms with E-state index in [9.17, 15) is 0 Å². The van der Waals surface area contributed by atoms with E-state index in [0.29, 0.717) is 18.1 Å². The normalized spacial score (nSPS) is 27.2. The van der Waals surface area contributed by atoms with Crippen molar-refractivity contribution in [3.05, 3.63) is 17.5 Å². The Hall–Kier alpha value is -0.830. The van der Waals surface area contributed by atoms with E-state index in [1.54, 1.807) is 0 Å². The molecule has 3 atom stereocenters. The monoisotopic (exact) mass is 461 g/mol. The van der Waals surface area contributed by atoms with Gasteiger partial charge >= 0.3 is 0 Å². The number of aryl methyl sites for hydroxylation is 3. The lowest BCUT2D eigenvalue weighted by Gasteiger charge is -2.54. The lowest BCUT2D eigenvalue weighted by molar-refractivity contribution is -0.106. The first-order valence-corrected chi connectivity index (χ1v) is 9.03. The molecule has 1 aromatic heterocycles. The summed E-state index contributed by atoms with van der Waals surface area (Å²) in [6.07, 6.45) is 2.58. The highest BCUT2D eigenvalue weighted by molar-refractivity contribution is 14.0. The minimum absolute atomic E-state index is 0. The number of nitrogens with zero attached hydrogens (tertiary/aromatic N) is 3. The van der Waals surface area contributed by atoms with Crippen molar-refractivity contribution < 1.29 is 4.74 Å². The highest BCUT2D eigenvalue weighted by Gasteiger charge is 2.59. The molecule has 0 radical (unpaired) electrons. The van der Waals surface area contributed by atoms with E-state index < -0.39 is 0 Å². The van der Waals surface area contributed by atoms with Crippen LogP contribution in [0.5, 0.6) is 0 Å². The van der Waals surface area contributed by atoms with Gasteiger partial charge in [0.2, 0.25) is 0 Å². The van der Waals surface area contributed by atoms with Crippen molar-refractivity contribution in [3.63, 3.8) is 0 Å². The number of hydrogen-bond acceptors (Lipinski definition) is 3. The Morgan fingerprint density at radius 3 is 2.84 bits per heavy atom. The van der Waals surface area contributed by atoms with Crippen molar-refractivity contribution in [1.82, 2.24) is 20.4 Å². The molecular formula is C18H32IN5O. The number of aromatic nitrogens is 2. The van der Waals surface area contributed by atoms with Crippen LogP contribution in [-0.4, -0.2) is 48.1 Å². The highest BCUT2D eigenvalue weighted by atomic mass is 127. The minimum atomic E-state index is 0. The first-order chi connectivity index (χ1) is 11.4. The summed E-state index contributed by atoms with van der Waals surface area (Å²) in [5.74, 6) is 1.51. The molecule has 7 heteroatoms. The van der Waals surface area contributed by atoms with Gasteiger partial charge in [0.15, 0.2) is 5.96 Å². The zero-order valence-electron chi connectivity index (χ0n) is 16.0. The van der Waals surface area contributed by atoms with Crippen LogP contribution in [-0.2, 0) is 11.3 Å². The smallest absolute Gasteiger partial charge is 0.191 e. The second kappa shape index (κ2) is 8.24. The van der Waals surface area contributed by atoms with Crippen LogP contribution < -0.4 is 10.6 Å². The van der Waals surface area contributed by atoms with E-state index in [-0.39, 0.29) is 29.4 Å². The summed E-state index contributed by atoms with van der Waals surface area (Å²) >= 11 is 0. The maximum Gasteiger partial charge on any atom is 0.191 e. The SMILES string of the molecule is CN=C(NCCCn1nc(C)cc1C)NC1C2CCOC2C1(C)C.I. The molecule has 0 spiro atoms. The van der Waals surface area contributed by atoms with Crippen LogP contribution in [0, 0.1) is 25.2 Å². The molecule has 3 unspecified atom stereocenters. The summed E-state index contributed by atoms with van der Waals surface area (Å²) in [7, 11) is 1.84. The Kier molecular flexibility index (Phi) is 6.75. The van der Waals surface area contributed by atoms with Gasteiger partial charge in [0, 0.05) is 49.8 Å². The molecule has 1 saturated carbocycles. The average Bonchev–Trinajstić information content (AvgIpc) is 3.11. The molecule has 3 rings (SSSR count). The fourth-order valence-corrected chi connectivity index (χ4v) is 4.30. The van der Waals surface area contributed by atoms with Crippen LogP contribution in [0.15, 0.2) is 11.1 Å². The molecule has 2 heterocycles. The largest absolute Gasteiger partial charge is 0.377 e. The summed E-state index contributed by atoms with van der Waals surface area (Å²) < 4.78 is 7.94. The molecule has 0 aromatic carbocycles. The molecule has 142 valence electrons. The fourth-order valence-electron chi connectivity index (χ4n) is 4.30. The number of rotatable bonds is 5. The number of nitrogens with one attached hydrogen (secondary N) is 2. The summed E-state index contributed by atoms with van der Waals surface area (Å²) in [5, 5.41) is 11.6. The second-order valence-corrected chi connectivity index (χ2v) is 7.69. The van der Waals surface area contributed by atoms with Crippen LogP contribution in [0.25, 0.3) is 0 Å². The maximum absolute atomic E-state index is 5.86. The van der Waals surface area contributed by atoms with E-state index in [4.69, 9.17) is 4.74 Å². The van der Waals surface area contributed by atoms with E-state index in [2.05, 4.69) is 52.2 Å². The Morgan fingerprint density at radius 2 is 2.20 bits per heavy atom. The lowest BCUT2D eigenvalue weighted by Crippen LogP contribution is -2.68. The molecule has 2 N–H and O–H groups in total. The van der Waals surface area contributed by atoms with Gasteiger partial charge < -0.3 is 15.4 Å². The van der Waals surface area contributed by atoms with Crippen molar-refractivity contribution in [2.45, 2.75) is 59.2 Å². The Bertz CT molecular complexity index is 613. The third kappa shape index (κ3) is 4.13. The maximum atomic E-state index is 5.86. The van der Waals surface area contributed by atoms with Crippen LogP contribution in [0.4, 0.5) is 0 Å². The molecule has 6 nitrogen and oxygen atoms in total. The van der Waals surface area contributed by atoms with Crippen LogP contribution in [0.2, 0.25) is 0 Å². The summed E-state index contributed by atoms with van der Waals surface area (Å²) in [6.45, 7) is 11.4. The van der Waals surface area contributed by atoms with Crippen molar-refractivity contribution >= 4 is 29.9 Å². The van der Waals surface area contributed by atoms with Crippen molar-refractivity contribution in [3.8, 4) is 0 Å². The molecule has 0 bridgehead atoms. The standard InChI is InChI=1S/C18H31N5O.HI/c1-12-11-13(2)23(22-12)9-6-8-20-17(19-5)21-15-14-7-10-24-16(14)18(15,3)4;/h11,14-16H,6-10H2,1-5H3,(H2,19,20,21);1H. The zero-order chi connectivity index (χ0) is 17.3. The number of aliphatic imine (C=N–C) groups is 1. The minimum Gasteiger partial charge on any atom is -0.377 e. The van der Waals surface area contributed by atoms with Crippen LogP contribution >= 0.6 is 24.0 Å². The number of ether oxygens (including phenoxy) is 1. The predicted molar refractivity (Wildman–Crippen MR) is 112 cm³/mol. The molecule has 1 aliphatic carbocycles. The number of fused-ring (bicyclic) bond motifs is 1. The van der Waals surface area contributed by atoms with E-state index in [0.717, 1.165) is 44.2 Å². The van der Waals surface area contributed by atoms with Gasteiger partial charge in [-0.25, -0.2) is 0 Å². The van der Waals surface area contributed by atoms with Gasteiger partial charge in [-0.05, 0) is 32.8 Å². The van der Waals surface area contributed by atoms with Crippen LogP contribution in [0.3, 0.4) is 0 Å². The van der Waals surface area contributed by atoms with Gasteiger partial charge in [-0.2, -0.15) is 5.10 Å². The third-order valence-electron chi connectivity index (χ3n) is 5.56. The predicted octanol–water partition coefficient (Wildman–Crippen LogP) is 2.49. The Balaban J connectivity index is 0.00000225. The van der Waals surface area contributed by atoms with Gasteiger partial charge in [-0.3, -0.25) is 9.67 Å². The molecular weight excluding hydrogens is 429 g/mol. The van der Waals surface area contributed by atoms with Crippen molar-refractivity contribution in [2.75, 3.05) is 20.2 Å². The molecule has 2 fully saturated rings. The quantitative estimate of drug-likeness (QED) is 0.306. The van der Waals surface area contributed by atoms with Gasteiger partial charge in [-0.15, -0.1) is 24.0 Å². The molecule has 1 aliphatic heterocycles. The van der Waals surface area contributed by atoms with E-state index in [1.807, 2.05) is 14.0 Å². The van der Waals surface area contributed by atoms with E-state index >= 15 is 0 Å². The number of hydrogen-bond donors (Lipinski definition) is 2. The molecule has 25 heavy (non-hydrogen) atoms. The first-order valence-electron chi connectivity index (χ1n) is 9.03.